The summed E-state index contributed by atoms with van der Waals surface area (Å²) in [4.78, 5) is 8.28. The summed E-state index contributed by atoms with van der Waals surface area (Å²) in [5.74, 6) is 0.453. The molecule has 0 fully saturated rings. The zero-order valence-corrected chi connectivity index (χ0v) is 12.9. The lowest BCUT2D eigenvalue weighted by Crippen LogP contribution is -2.26. The molecule has 5 heteroatoms. The van der Waals surface area contributed by atoms with Crippen molar-refractivity contribution < 1.29 is 0 Å². The maximum absolute atomic E-state index is 5.91. The van der Waals surface area contributed by atoms with Gasteiger partial charge in [-0.25, -0.2) is 0 Å². The Labute approximate surface area is 131 Å². The number of unbranched alkanes of at least 4 members (excludes halogenated alkanes) is 2. The molecule has 0 heterocycles. The lowest BCUT2D eigenvalue weighted by molar-refractivity contribution is 0.727. The van der Waals surface area contributed by atoms with Gasteiger partial charge in [0.25, 0.3) is 0 Å². The highest BCUT2D eigenvalue weighted by atomic mass is 15.2. The summed E-state index contributed by atoms with van der Waals surface area (Å²) in [6.07, 6.45) is 3.32. The Morgan fingerprint density at radius 3 is 2.64 bits per heavy atom. The highest BCUT2D eigenvalue weighted by molar-refractivity contribution is 6.06. The Kier molecular flexibility index (Phi) is 5.77. The number of nitrogens with two attached hydrogens (primary N) is 2. The molecule has 0 spiro atoms. The van der Waals surface area contributed by atoms with Crippen molar-refractivity contribution in [2.45, 2.75) is 26.2 Å². The predicted molar refractivity (Wildman–Crippen MR) is 95.2 cm³/mol. The van der Waals surface area contributed by atoms with Crippen LogP contribution in [0.2, 0.25) is 0 Å². The minimum atomic E-state index is 0.210. The van der Waals surface area contributed by atoms with Crippen LogP contribution in [0.25, 0.3) is 10.8 Å². The van der Waals surface area contributed by atoms with Gasteiger partial charge in [-0.1, -0.05) is 56.2 Å². The molecule has 2 rings (SSSR count). The van der Waals surface area contributed by atoms with Crippen molar-refractivity contribution in [2.24, 2.45) is 21.5 Å². The summed E-state index contributed by atoms with van der Waals surface area (Å²) in [7, 11) is 0. The number of nitrogens with zero attached hydrogens (tertiary/aromatic N) is 2. The van der Waals surface area contributed by atoms with Crippen molar-refractivity contribution >= 4 is 28.4 Å². The predicted octanol–water partition coefficient (Wildman–Crippen LogP) is 3.07. The van der Waals surface area contributed by atoms with Crippen LogP contribution in [-0.2, 0) is 0 Å². The molecule has 0 aliphatic carbocycles. The number of rotatable bonds is 5. The summed E-state index contributed by atoms with van der Waals surface area (Å²) < 4.78 is 0. The number of nitrogens with one attached hydrogen (secondary N) is 1. The molecule has 5 nitrogen and oxygen atoms in total. The summed E-state index contributed by atoms with van der Waals surface area (Å²) in [5.41, 5.74) is 12.6. The van der Waals surface area contributed by atoms with E-state index in [4.69, 9.17) is 11.5 Å². The standard InChI is InChI=1S/C17H23N5/c1-2-3-6-12-20-16(18)22-17(19)21-15-11-7-9-13-8-4-5-10-14(13)15/h4-5,7-11H,2-3,6,12H2,1H3,(H5,18,19,20,21,22). The molecular formula is C17H23N5. The number of anilines is 1. The average molecular weight is 297 g/mol. The molecule has 0 bridgehead atoms. The van der Waals surface area contributed by atoms with Crippen molar-refractivity contribution in [2.75, 3.05) is 11.9 Å². The zero-order chi connectivity index (χ0) is 15.8. The lowest BCUT2D eigenvalue weighted by Gasteiger charge is -2.08. The number of fused-ring (bicyclic) bond motifs is 1. The van der Waals surface area contributed by atoms with E-state index in [0.717, 1.165) is 35.7 Å². The van der Waals surface area contributed by atoms with E-state index in [1.165, 1.54) is 0 Å². The van der Waals surface area contributed by atoms with Crippen LogP contribution < -0.4 is 16.8 Å². The fourth-order valence-electron chi connectivity index (χ4n) is 2.21. The first-order chi connectivity index (χ1) is 10.7. The minimum Gasteiger partial charge on any atom is -0.369 e. The molecule has 0 saturated heterocycles. The van der Waals surface area contributed by atoms with E-state index >= 15 is 0 Å². The van der Waals surface area contributed by atoms with Crippen LogP contribution in [0, 0.1) is 0 Å². The van der Waals surface area contributed by atoms with Crippen molar-refractivity contribution in [1.29, 1.82) is 0 Å². The fourth-order valence-corrected chi connectivity index (χ4v) is 2.21. The maximum Gasteiger partial charge on any atom is 0.218 e. The summed E-state index contributed by atoms with van der Waals surface area (Å²) >= 11 is 0. The SMILES string of the molecule is CCCCCN=C(N)N=C(N)Nc1cccc2ccccc12. The molecule has 0 aliphatic rings. The minimum absolute atomic E-state index is 0.210. The van der Waals surface area contributed by atoms with Crippen LogP contribution in [0.15, 0.2) is 52.4 Å². The second-order valence-electron chi connectivity index (χ2n) is 5.10. The van der Waals surface area contributed by atoms with Gasteiger partial charge in [-0.05, 0) is 17.9 Å². The second-order valence-corrected chi connectivity index (χ2v) is 5.10. The monoisotopic (exact) mass is 297 g/mol. The van der Waals surface area contributed by atoms with Gasteiger partial charge in [-0.2, -0.15) is 4.99 Å². The molecule has 0 amide bonds. The van der Waals surface area contributed by atoms with Crippen molar-refractivity contribution in [3.63, 3.8) is 0 Å². The summed E-state index contributed by atoms with van der Waals surface area (Å²) in [5, 5.41) is 5.31. The Morgan fingerprint density at radius 2 is 1.82 bits per heavy atom. The third kappa shape index (κ3) is 4.48. The normalized spacial score (nSPS) is 12.6. The van der Waals surface area contributed by atoms with Gasteiger partial charge < -0.3 is 16.8 Å². The third-order valence-corrected chi connectivity index (χ3v) is 3.32. The molecule has 0 saturated carbocycles. The van der Waals surface area contributed by atoms with Crippen LogP contribution >= 0.6 is 0 Å². The van der Waals surface area contributed by atoms with Gasteiger partial charge in [0.2, 0.25) is 11.9 Å². The summed E-state index contributed by atoms with van der Waals surface area (Å²) in [6.45, 7) is 2.84. The molecule has 2 aromatic rings. The molecular weight excluding hydrogens is 274 g/mol. The van der Waals surface area contributed by atoms with E-state index in [0.29, 0.717) is 6.54 Å². The molecule has 0 aliphatic heterocycles. The Morgan fingerprint density at radius 1 is 1.05 bits per heavy atom. The van der Waals surface area contributed by atoms with Gasteiger partial charge in [-0.3, -0.25) is 4.99 Å². The Hall–Kier alpha value is -2.56. The first kappa shape index (κ1) is 15.8. The van der Waals surface area contributed by atoms with Crippen LogP contribution in [0.1, 0.15) is 26.2 Å². The molecule has 22 heavy (non-hydrogen) atoms. The molecule has 0 aromatic heterocycles. The van der Waals surface area contributed by atoms with E-state index in [9.17, 15) is 0 Å². The van der Waals surface area contributed by atoms with Gasteiger partial charge in [0.05, 0.1) is 0 Å². The maximum atomic E-state index is 5.91. The molecule has 116 valence electrons. The molecule has 0 atom stereocenters. The number of benzene rings is 2. The Bertz CT molecular complexity index is 670. The van der Waals surface area contributed by atoms with Crippen molar-refractivity contribution in [3.8, 4) is 0 Å². The van der Waals surface area contributed by atoms with E-state index in [1.54, 1.807) is 0 Å². The average Bonchev–Trinajstić information content (AvgIpc) is 2.52. The van der Waals surface area contributed by atoms with E-state index in [1.807, 2.05) is 30.3 Å². The number of aliphatic imine (C=N–C) groups is 2. The first-order valence-electron chi connectivity index (χ1n) is 7.59. The molecule has 0 unspecified atom stereocenters. The topological polar surface area (TPSA) is 88.8 Å². The molecule has 0 radical (unpaired) electrons. The van der Waals surface area contributed by atoms with E-state index in [2.05, 4.69) is 34.4 Å². The van der Waals surface area contributed by atoms with Crippen LogP contribution in [-0.4, -0.2) is 18.5 Å². The first-order valence-corrected chi connectivity index (χ1v) is 7.59. The van der Waals surface area contributed by atoms with Gasteiger partial charge in [0.15, 0.2) is 0 Å². The summed E-state index contributed by atoms with van der Waals surface area (Å²) in [6, 6.07) is 14.1. The quantitative estimate of drug-likeness (QED) is 0.450. The van der Waals surface area contributed by atoms with Crippen LogP contribution in [0.5, 0.6) is 0 Å². The Balaban J connectivity index is 2.07. The van der Waals surface area contributed by atoms with Crippen LogP contribution in [0.3, 0.4) is 0 Å². The third-order valence-electron chi connectivity index (χ3n) is 3.32. The van der Waals surface area contributed by atoms with Crippen molar-refractivity contribution in [1.82, 2.24) is 0 Å². The molecule has 5 N–H and O–H groups in total. The van der Waals surface area contributed by atoms with Gasteiger partial charge in [0, 0.05) is 17.6 Å². The van der Waals surface area contributed by atoms with Gasteiger partial charge in [0.1, 0.15) is 0 Å². The highest BCUT2D eigenvalue weighted by Crippen LogP contribution is 2.22. The van der Waals surface area contributed by atoms with E-state index < -0.39 is 0 Å². The largest absolute Gasteiger partial charge is 0.369 e. The van der Waals surface area contributed by atoms with Crippen LogP contribution in [0.4, 0.5) is 5.69 Å². The number of hydrogen-bond donors (Lipinski definition) is 3. The number of guanidine groups is 2. The van der Waals surface area contributed by atoms with E-state index in [-0.39, 0.29) is 11.9 Å². The second kappa shape index (κ2) is 8.02. The number of hydrogen-bond acceptors (Lipinski definition) is 1. The van der Waals surface area contributed by atoms with Gasteiger partial charge >= 0.3 is 0 Å². The molecule has 2 aromatic carbocycles. The smallest absolute Gasteiger partial charge is 0.218 e. The zero-order valence-electron chi connectivity index (χ0n) is 12.9. The lowest BCUT2D eigenvalue weighted by atomic mass is 10.1. The highest BCUT2D eigenvalue weighted by Gasteiger charge is 2.01. The van der Waals surface area contributed by atoms with Gasteiger partial charge in [-0.15, -0.1) is 0 Å². The fraction of sp³-hybridized carbons (Fsp3) is 0.294. The van der Waals surface area contributed by atoms with Crippen molar-refractivity contribution in [3.05, 3.63) is 42.5 Å².